The zero-order valence-electron chi connectivity index (χ0n) is 14.1. The van der Waals surface area contributed by atoms with Crippen LogP contribution >= 0.6 is 0 Å². The average Bonchev–Trinajstić information content (AvgIpc) is 2.88. The van der Waals surface area contributed by atoms with E-state index < -0.39 is 12.1 Å². The second kappa shape index (κ2) is 7.34. The van der Waals surface area contributed by atoms with Gasteiger partial charge in [0.2, 0.25) is 0 Å². The van der Waals surface area contributed by atoms with Crippen LogP contribution in [0.5, 0.6) is 0 Å². The number of ketones is 1. The minimum atomic E-state index is -1.03. The Hall–Kier alpha value is -1.88. The van der Waals surface area contributed by atoms with Crippen molar-refractivity contribution in [1.29, 1.82) is 0 Å². The summed E-state index contributed by atoms with van der Waals surface area (Å²) in [6.07, 6.45) is 3.46. The Kier molecular flexibility index (Phi) is 5.19. The summed E-state index contributed by atoms with van der Waals surface area (Å²) in [4.78, 5) is 24.6. The minimum Gasteiger partial charge on any atom is -0.465 e. The van der Waals surface area contributed by atoms with Gasteiger partial charge in [0.15, 0.2) is 5.78 Å². The molecule has 2 fully saturated rings. The van der Waals surface area contributed by atoms with Crippen molar-refractivity contribution in [2.24, 2.45) is 0 Å². The monoisotopic (exact) mass is 331 g/mol. The van der Waals surface area contributed by atoms with Gasteiger partial charge in [0.05, 0.1) is 12.7 Å². The summed E-state index contributed by atoms with van der Waals surface area (Å²) in [5.74, 6) is 0.553. The van der Waals surface area contributed by atoms with Crippen molar-refractivity contribution in [3.63, 3.8) is 0 Å². The zero-order valence-corrected chi connectivity index (χ0v) is 14.1. The highest BCUT2D eigenvalue weighted by atomic mass is 16.5. The van der Waals surface area contributed by atoms with Crippen LogP contribution in [0.3, 0.4) is 0 Å². The molecule has 1 N–H and O–H groups in total. The normalized spacial score (nSPS) is 30.5. The number of nitrogens with zero attached hydrogens (tertiary/aromatic N) is 1. The Morgan fingerprint density at radius 3 is 2.50 bits per heavy atom. The molecule has 0 radical (unpaired) electrons. The Labute approximate surface area is 142 Å². The topological polar surface area (TPSA) is 66.8 Å². The van der Waals surface area contributed by atoms with Gasteiger partial charge in [0, 0.05) is 12.5 Å². The molecular weight excluding hydrogens is 306 g/mol. The van der Waals surface area contributed by atoms with Gasteiger partial charge in [0.25, 0.3) is 0 Å². The summed E-state index contributed by atoms with van der Waals surface area (Å²) < 4.78 is 5.92. The lowest BCUT2D eigenvalue weighted by atomic mass is 9.83. The van der Waals surface area contributed by atoms with E-state index in [-0.39, 0.29) is 24.5 Å². The average molecular weight is 331 g/mol. The minimum absolute atomic E-state index is 0.0251. The molecule has 1 aromatic carbocycles. The molecule has 0 bridgehead atoms. The van der Waals surface area contributed by atoms with Crippen molar-refractivity contribution < 1.29 is 19.4 Å². The van der Waals surface area contributed by atoms with E-state index in [9.17, 15) is 14.7 Å². The van der Waals surface area contributed by atoms with Gasteiger partial charge >= 0.3 is 6.09 Å². The van der Waals surface area contributed by atoms with E-state index in [4.69, 9.17) is 4.74 Å². The summed E-state index contributed by atoms with van der Waals surface area (Å²) >= 11 is 0. The number of carbonyl (C=O) groups is 2. The van der Waals surface area contributed by atoms with Gasteiger partial charge in [-0.05, 0) is 44.1 Å². The molecule has 1 heterocycles. The number of ether oxygens (including phenoxy) is 1. The van der Waals surface area contributed by atoms with Crippen molar-refractivity contribution in [3.8, 4) is 0 Å². The van der Waals surface area contributed by atoms with E-state index in [0.29, 0.717) is 12.3 Å². The maximum atomic E-state index is 12.0. The highest BCUT2D eigenvalue weighted by Crippen LogP contribution is 2.34. The van der Waals surface area contributed by atoms with E-state index in [1.54, 1.807) is 6.92 Å². The van der Waals surface area contributed by atoms with Gasteiger partial charge in [-0.25, -0.2) is 4.79 Å². The Bertz CT molecular complexity index is 580. The lowest BCUT2D eigenvalue weighted by Crippen LogP contribution is -2.44. The predicted molar refractivity (Wildman–Crippen MR) is 90.1 cm³/mol. The van der Waals surface area contributed by atoms with Crippen LogP contribution in [0.2, 0.25) is 0 Å². The molecule has 2 atom stereocenters. The first-order chi connectivity index (χ1) is 11.6. The van der Waals surface area contributed by atoms with E-state index in [1.165, 1.54) is 10.5 Å². The third kappa shape index (κ3) is 3.61. The highest BCUT2D eigenvalue weighted by Gasteiger charge is 2.41. The largest absolute Gasteiger partial charge is 0.465 e. The molecule has 130 valence electrons. The van der Waals surface area contributed by atoms with Crippen LogP contribution in [-0.2, 0) is 9.53 Å². The van der Waals surface area contributed by atoms with Crippen molar-refractivity contribution in [3.05, 3.63) is 35.9 Å². The standard InChI is InChI=1S/C19H25NO4/c1-13-11-18(21)17(20(13)19(22)23)12-24-16-9-7-15(8-10-16)14-5-3-2-4-6-14/h2-6,13,15-17H,7-12H2,1H3,(H,22,23)/t13-,15-,16+,17-/m1/s1. The zero-order chi connectivity index (χ0) is 17.1. The van der Waals surface area contributed by atoms with Crippen LogP contribution in [0.4, 0.5) is 4.79 Å². The van der Waals surface area contributed by atoms with Gasteiger partial charge in [-0.1, -0.05) is 30.3 Å². The van der Waals surface area contributed by atoms with Crippen LogP contribution in [0.1, 0.15) is 50.5 Å². The second-order valence-corrected chi connectivity index (χ2v) is 6.94. The third-order valence-electron chi connectivity index (χ3n) is 5.33. The molecular formula is C19H25NO4. The van der Waals surface area contributed by atoms with Crippen LogP contribution in [-0.4, -0.2) is 46.7 Å². The highest BCUT2D eigenvalue weighted by molar-refractivity contribution is 5.91. The summed E-state index contributed by atoms with van der Waals surface area (Å²) in [6.45, 7) is 1.97. The van der Waals surface area contributed by atoms with Gasteiger partial charge in [0.1, 0.15) is 6.04 Å². The Balaban J connectivity index is 1.50. The molecule has 1 amide bonds. The van der Waals surface area contributed by atoms with Crippen LogP contribution in [0.15, 0.2) is 30.3 Å². The van der Waals surface area contributed by atoms with Crippen molar-refractivity contribution >= 4 is 11.9 Å². The molecule has 0 spiro atoms. The predicted octanol–water partition coefficient (Wildman–Crippen LogP) is 3.44. The number of rotatable bonds is 4. The van der Waals surface area contributed by atoms with E-state index in [1.807, 2.05) is 6.07 Å². The lowest BCUT2D eigenvalue weighted by molar-refractivity contribution is -0.122. The van der Waals surface area contributed by atoms with E-state index in [0.717, 1.165) is 25.7 Å². The summed E-state index contributed by atoms with van der Waals surface area (Å²) in [5.41, 5.74) is 1.38. The first-order valence-corrected chi connectivity index (χ1v) is 8.76. The number of hydrogen-bond acceptors (Lipinski definition) is 3. The molecule has 0 aromatic heterocycles. The molecule has 1 aliphatic carbocycles. The maximum absolute atomic E-state index is 12.0. The van der Waals surface area contributed by atoms with E-state index >= 15 is 0 Å². The number of benzene rings is 1. The summed E-state index contributed by atoms with van der Waals surface area (Å²) in [5, 5.41) is 9.29. The van der Waals surface area contributed by atoms with Crippen LogP contribution in [0, 0.1) is 0 Å². The third-order valence-corrected chi connectivity index (χ3v) is 5.33. The lowest BCUT2D eigenvalue weighted by Gasteiger charge is -2.31. The first-order valence-electron chi connectivity index (χ1n) is 8.76. The second-order valence-electron chi connectivity index (χ2n) is 6.94. The number of Topliss-reactive ketones (excluding diaryl/α,β-unsaturated/α-hetero) is 1. The van der Waals surface area contributed by atoms with Gasteiger partial charge in [-0.15, -0.1) is 0 Å². The fraction of sp³-hybridized carbons (Fsp3) is 0.579. The smallest absolute Gasteiger partial charge is 0.408 e. The van der Waals surface area contributed by atoms with E-state index in [2.05, 4.69) is 24.3 Å². The van der Waals surface area contributed by atoms with Gasteiger partial charge in [-0.2, -0.15) is 0 Å². The Morgan fingerprint density at radius 2 is 1.88 bits per heavy atom. The molecule has 5 nitrogen and oxygen atoms in total. The molecule has 1 saturated carbocycles. The molecule has 5 heteroatoms. The molecule has 1 aromatic rings. The fourth-order valence-corrected chi connectivity index (χ4v) is 4.00. The molecule has 3 rings (SSSR count). The number of carbonyl (C=O) groups excluding carboxylic acids is 1. The first kappa shape index (κ1) is 17.0. The summed E-state index contributed by atoms with van der Waals surface area (Å²) in [7, 11) is 0. The quantitative estimate of drug-likeness (QED) is 0.918. The molecule has 0 unspecified atom stereocenters. The molecule has 2 aliphatic rings. The van der Waals surface area contributed by atoms with Crippen molar-refractivity contribution in [2.45, 2.75) is 63.1 Å². The van der Waals surface area contributed by atoms with Gasteiger partial charge < -0.3 is 9.84 Å². The number of hydrogen-bond donors (Lipinski definition) is 1. The maximum Gasteiger partial charge on any atom is 0.408 e. The number of likely N-dealkylation sites (tertiary alicyclic amines) is 1. The van der Waals surface area contributed by atoms with Gasteiger partial charge in [-0.3, -0.25) is 9.69 Å². The summed E-state index contributed by atoms with van der Waals surface area (Å²) in [6, 6.07) is 9.65. The van der Waals surface area contributed by atoms with Crippen molar-refractivity contribution in [1.82, 2.24) is 4.90 Å². The number of carboxylic acid groups (broad SMARTS) is 1. The molecule has 24 heavy (non-hydrogen) atoms. The number of amides is 1. The fourth-order valence-electron chi connectivity index (χ4n) is 4.00. The van der Waals surface area contributed by atoms with Crippen molar-refractivity contribution in [2.75, 3.05) is 6.61 Å². The Morgan fingerprint density at radius 1 is 1.21 bits per heavy atom. The molecule has 1 saturated heterocycles. The SMILES string of the molecule is C[C@@H]1CC(=O)[C@@H](CO[C@H]2CC[C@@H](c3ccccc3)CC2)N1C(=O)O. The van der Waals surface area contributed by atoms with Crippen LogP contribution < -0.4 is 0 Å². The molecule has 1 aliphatic heterocycles. The van der Waals surface area contributed by atoms with Crippen LogP contribution in [0.25, 0.3) is 0 Å².